The Bertz CT molecular complexity index is 644. The van der Waals surface area contributed by atoms with Crippen molar-refractivity contribution in [2.24, 2.45) is 10.4 Å². The molecule has 0 aliphatic carbocycles. The molecule has 1 saturated heterocycles. The van der Waals surface area contributed by atoms with Crippen molar-refractivity contribution in [3.63, 3.8) is 0 Å². The molecule has 6 heteroatoms. The van der Waals surface area contributed by atoms with Gasteiger partial charge in [-0.1, -0.05) is 32.0 Å². The fourth-order valence-corrected chi connectivity index (χ4v) is 3.54. The number of hydrogen-bond acceptors (Lipinski definition) is 2. The minimum atomic E-state index is 0. The third kappa shape index (κ3) is 4.65. The molecule has 1 amide bonds. The summed E-state index contributed by atoms with van der Waals surface area (Å²) >= 11 is 0. The molecule has 1 fully saturated rings. The van der Waals surface area contributed by atoms with Gasteiger partial charge in [-0.05, 0) is 36.8 Å². The van der Waals surface area contributed by atoms with Crippen LogP contribution >= 0.6 is 24.0 Å². The van der Waals surface area contributed by atoms with E-state index < -0.39 is 0 Å². The van der Waals surface area contributed by atoms with E-state index in [0.29, 0.717) is 5.41 Å². The number of likely N-dealkylation sites (tertiary alicyclic amines) is 1. The number of nitrogens with one attached hydrogen (secondary N) is 1. The molecule has 25 heavy (non-hydrogen) atoms. The van der Waals surface area contributed by atoms with Crippen LogP contribution in [-0.4, -0.2) is 49.5 Å². The molecule has 138 valence electrons. The van der Waals surface area contributed by atoms with Crippen LogP contribution in [0.25, 0.3) is 0 Å². The van der Waals surface area contributed by atoms with Crippen molar-refractivity contribution in [2.45, 2.75) is 33.6 Å². The van der Waals surface area contributed by atoms with E-state index in [-0.39, 0.29) is 36.4 Å². The molecule has 0 aromatic heterocycles. The molecule has 0 unspecified atom stereocenters. The number of carbonyl (C=O) groups is 1. The van der Waals surface area contributed by atoms with E-state index >= 15 is 0 Å². The number of benzene rings is 1. The molecular weight excluding hydrogens is 427 g/mol. The molecular formula is C19H29IN4O. The van der Waals surface area contributed by atoms with Gasteiger partial charge in [0.25, 0.3) is 0 Å². The molecule has 3 rings (SSSR count). The quantitative estimate of drug-likeness (QED) is 0.433. The first kappa shape index (κ1) is 20.0. The van der Waals surface area contributed by atoms with E-state index in [4.69, 9.17) is 0 Å². The molecule has 2 heterocycles. The number of hydrogen-bond donors (Lipinski definition) is 1. The molecule has 2 aliphatic heterocycles. The Hall–Kier alpha value is -1.31. The molecule has 0 atom stereocenters. The second-order valence-corrected chi connectivity index (χ2v) is 7.43. The fourth-order valence-electron chi connectivity index (χ4n) is 3.54. The van der Waals surface area contributed by atoms with Crippen LogP contribution in [0.15, 0.2) is 29.3 Å². The highest BCUT2D eigenvalue weighted by Crippen LogP contribution is 2.29. The standard InChI is InChI=1S/C19H28N4O.HI/c1-4-20-18(22-12-10-19(2,3)14-22)21-13-17(24)23-11-9-15-7-5-6-8-16(15)23;/h5-8H,4,9-14H2,1-3H3,(H,20,21);1H. The van der Waals surface area contributed by atoms with Crippen molar-refractivity contribution in [1.29, 1.82) is 0 Å². The number of carbonyl (C=O) groups excluding carboxylic acids is 1. The second-order valence-electron chi connectivity index (χ2n) is 7.43. The summed E-state index contributed by atoms with van der Waals surface area (Å²) in [7, 11) is 0. The van der Waals surface area contributed by atoms with Crippen LogP contribution in [0.1, 0.15) is 32.8 Å². The summed E-state index contributed by atoms with van der Waals surface area (Å²) in [6.45, 7) is 10.4. The van der Waals surface area contributed by atoms with Crippen LogP contribution in [-0.2, 0) is 11.2 Å². The zero-order valence-electron chi connectivity index (χ0n) is 15.4. The number of guanidine groups is 1. The van der Waals surface area contributed by atoms with Gasteiger partial charge in [-0.3, -0.25) is 4.79 Å². The minimum Gasteiger partial charge on any atom is -0.357 e. The number of anilines is 1. The first-order valence-corrected chi connectivity index (χ1v) is 8.92. The predicted octanol–water partition coefficient (Wildman–Crippen LogP) is 2.89. The lowest BCUT2D eigenvalue weighted by Gasteiger charge is -2.24. The minimum absolute atomic E-state index is 0. The van der Waals surface area contributed by atoms with Crippen LogP contribution in [0.2, 0.25) is 0 Å². The maximum Gasteiger partial charge on any atom is 0.248 e. The van der Waals surface area contributed by atoms with Gasteiger partial charge in [-0.25, -0.2) is 4.99 Å². The van der Waals surface area contributed by atoms with Gasteiger partial charge < -0.3 is 15.1 Å². The van der Waals surface area contributed by atoms with Gasteiger partial charge in [-0.15, -0.1) is 24.0 Å². The van der Waals surface area contributed by atoms with Crippen molar-refractivity contribution in [2.75, 3.05) is 37.6 Å². The van der Waals surface area contributed by atoms with Crippen molar-refractivity contribution >= 4 is 41.5 Å². The number of rotatable bonds is 3. The lowest BCUT2D eigenvalue weighted by molar-refractivity contribution is -0.117. The fraction of sp³-hybridized carbons (Fsp3) is 0.579. The monoisotopic (exact) mass is 456 g/mol. The van der Waals surface area contributed by atoms with Crippen LogP contribution in [0.5, 0.6) is 0 Å². The SMILES string of the molecule is CCNC(=NCC(=O)N1CCc2ccccc21)N1CCC(C)(C)C1.I. The normalized spacial score (nSPS) is 18.8. The highest BCUT2D eigenvalue weighted by atomic mass is 127. The predicted molar refractivity (Wildman–Crippen MR) is 114 cm³/mol. The van der Waals surface area contributed by atoms with Gasteiger partial charge in [0.1, 0.15) is 6.54 Å². The Balaban J connectivity index is 0.00000225. The first-order chi connectivity index (χ1) is 11.5. The maximum atomic E-state index is 12.6. The summed E-state index contributed by atoms with van der Waals surface area (Å²) in [5.41, 5.74) is 2.61. The zero-order chi connectivity index (χ0) is 17.2. The van der Waals surface area contributed by atoms with Gasteiger partial charge in [0, 0.05) is 31.9 Å². The Labute approximate surface area is 167 Å². The number of halogens is 1. The summed E-state index contributed by atoms with van der Waals surface area (Å²) in [6.07, 6.45) is 2.09. The van der Waals surface area contributed by atoms with Crippen molar-refractivity contribution in [1.82, 2.24) is 10.2 Å². The summed E-state index contributed by atoms with van der Waals surface area (Å²) in [5.74, 6) is 0.942. The van der Waals surface area contributed by atoms with Crippen LogP contribution < -0.4 is 10.2 Å². The van der Waals surface area contributed by atoms with Crippen molar-refractivity contribution < 1.29 is 4.79 Å². The first-order valence-electron chi connectivity index (χ1n) is 8.92. The molecule has 1 aromatic carbocycles. The molecule has 1 N–H and O–H groups in total. The number of amides is 1. The third-order valence-electron chi connectivity index (χ3n) is 4.86. The highest BCUT2D eigenvalue weighted by Gasteiger charge is 2.31. The van der Waals surface area contributed by atoms with Gasteiger partial charge in [0.05, 0.1) is 0 Å². The van der Waals surface area contributed by atoms with E-state index in [1.807, 2.05) is 23.1 Å². The molecule has 0 saturated carbocycles. The van der Waals surface area contributed by atoms with Gasteiger partial charge >= 0.3 is 0 Å². The van der Waals surface area contributed by atoms with E-state index in [1.54, 1.807) is 0 Å². The van der Waals surface area contributed by atoms with Gasteiger partial charge in [0.15, 0.2) is 5.96 Å². The molecule has 0 spiro atoms. The lowest BCUT2D eigenvalue weighted by atomic mass is 9.93. The molecule has 2 aliphatic rings. The van der Waals surface area contributed by atoms with Crippen LogP contribution in [0, 0.1) is 5.41 Å². The lowest BCUT2D eigenvalue weighted by Crippen LogP contribution is -2.41. The van der Waals surface area contributed by atoms with Crippen molar-refractivity contribution in [3.05, 3.63) is 29.8 Å². The Morgan fingerprint density at radius 2 is 2.04 bits per heavy atom. The van der Waals surface area contributed by atoms with E-state index in [2.05, 4.69) is 42.0 Å². The van der Waals surface area contributed by atoms with Crippen molar-refractivity contribution in [3.8, 4) is 0 Å². The highest BCUT2D eigenvalue weighted by molar-refractivity contribution is 14.0. The topological polar surface area (TPSA) is 47.9 Å². The number of nitrogens with zero attached hydrogens (tertiary/aromatic N) is 3. The van der Waals surface area contributed by atoms with Crippen LogP contribution in [0.4, 0.5) is 5.69 Å². The smallest absolute Gasteiger partial charge is 0.248 e. The molecule has 0 bridgehead atoms. The molecule has 0 radical (unpaired) electrons. The third-order valence-corrected chi connectivity index (χ3v) is 4.86. The Morgan fingerprint density at radius 3 is 2.72 bits per heavy atom. The average Bonchev–Trinajstić information content (AvgIpc) is 3.14. The number of fused-ring (bicyclic) bond motifs is 1. The summed E-state index contributed by atoms with van der Waals surface area (Å²) in [6, 6.07) is 8.15. The van der Waals surface area contributed by atoms with Crippen LogP contribution in [0.3, 0.4) is 0 Å². The summed E-state index contributed by atoms with van der Waals surface area (Å²) in [4.78, 5) is 21.4. The molecule has 5 nitrogen and oxygen atoms in total. The zero-order valence-corrected chi connectivity index (χ0v) is 17.7. The molecule has 1 aromatic rings. The Morgan fingerprint density at radius 1 is 1.28 bits per heavy atom. The largest absolute Gasteiger partial charge is 0.357 e. The second kappa shape index (κ2) is 8.38. The van der Waals surface area contributed by atoms with Gasteiger partial charge in [0.2, 0.25) is 5.91 Å². The average molecular weight is 456 g/mol. The number of aliphatic imine (C=N–C) groups is 1. The summed E-state index contributed by atoms with van der Waals surface area (Å²) < 4.78 is 0. The van der Waals surface area contributed by atoms with E-state index in [1.165, 1.54) is 5.56 Å². The van der Waals surface area contributed by atoms with Gasteiger partial charge in [-0.2, -0.15) is 0 Å². The van der Waals surface area contributed by atoms with E-state index in [9.17, 15) is 4.79 Å². The van der Waals surface area contributed by atoms with E-state index in [0.717, 1.165) is 50.7 Å². The summed E-state index contributed by atoms with van der Waals surface area (Å²) in [5, 5.41) is 3.33. The number of para-hydroxylation sites is 1. The maximum absolute atomic E-state index is 12.6. The Kier molecular flexibility index (Phi) is 6.71.